The number of rotatable bonds is 5. The van der Waals surface area contributed by atoms with Crippen LogP contribution in [-0.4, -0.2) is 59.3 Å². The Morgan fingerprint density at radius 2 is 1.76 bits per heavy atom. The van der Waals surface area contributed by atoms with Gasteiger partial charge in [-0.3, -0.25) is 4.90 Å². The Morgan fingerprint density at radius 3 is 2.52 bits per heavy atom. The van der Waals surface area contributed by atoms with Crippen LogP contribution in [0, 0.1) is 0 Å². The van der Waals surface area contributed by atoms with Gasteiger partial charge in [0.1, 0.15) is 11.5 Å². The first-order valence-corrected chi connectivity index (χ1v) is 9.43. The van der Waals surface area contributed by atoms with Gasteiger partial charge in [0.25, 0.3) is 0 Å². The summed E-state index contributed by atoms with van der Waals surface area (Å²) in [6.07, 6.45) is -0.327. The van der Waals surface area contributed by atoms with Crippen LogP contribution < -0.4 is 9.47 Å². The Labute approximate surface area is 168 Å². The fourth-order valence-corrected chi connectivity index (χ4v) is 3.19. The van der Waals surface area contributed by atoms with E-state index in [0.29, 0.717) is 55.9 Å². The molecular weight excluding hydrogens is 372 g/mol. The van der Waals surface area contributed by atoms with Crippen molar-refractivity contribution in [2.24, 2.45) is 0 Å². The standard InChI is InChI=1S/C21H22N4O4/c1-27-18-10-6-5-9-17(18)20-22-19(29-23-20)15-24-11-13-25(14-12-24)21(26)28-16-7-3-2-4-8-16/h2-10H,11-15H2,1H3. The molecule has 2 aromatic carbocycles. The zero-order valence-corrected chi connectivity index (χ0v) is 16.2. The molecule has 8 heteroatoms. The van der Waals surface area contributed by atoms with E-state index in [1.807, 2.05) is 42.5 Å². The van der Waals surface area contributed by atoms with Crippen LogP contribution in [0.5, 0.6) is 11.5 Å². The number of methoxy groups -OCH3 is 1. The topological polar surface area (TPSA) is 80.9 Å². The van der Waals surface area contributed by atoms with Gasteiger partial charge < -0.3 is 18.9 Å². The van der Waals surface area contributed by atoms with Crippen molar-refractivity contribution in [2.45, 2.75) is 6.54 Å². The highest BCUT2D eigenvalue weighted by atomic mass is 16.6. The number of ether oxygens (including phenoxy) is 2. The van der Waals surface area contributed by atoms with Crippen molar-refractivity contribution in [3.63, 3.8) is 0 Å². The Balaban J connectivity index is 1.31. The van der Waals surface area contributed by atoms with Crippen molar-refractivity contribution in [2.75, 3.05) is 33.3 Å². The molecule has 3 aromatic rings. The summed E-state index contributed by atoms with van der Waals surface area (Å²) >= 11 is 0. The first-order valence-electron chi connectivity index (χ1n) is 9.43. The molecule has 1 aliphatic heterocycles. The molecule has 2 heterocycles. The van der Waals surface area contributed by atoms with E-state index in [1.54, 1.807) is 24.1 Å². The molecule has 0 saturated carbocycles. The van der Waals surface area contributed by atoms with Gasteiger partial charge in [0.2, 0.25) is 11.7 Å². The van der Waals surface area contributed by atoms with Crippen LogP contribution in [0.2, 0.25) is 0 Å². The average Bonchev–Trinajstić information content (AvgIpc) is 3.23. The molecule has 0 atom stereocenters. The van der Waals surface area contributed by atoms with Gasteiger partial charge in [-0.1, -0.05) is 35.5 Å². The molecule has 0 unspecified atom stereocenters. The summed E-state index contributed by atoms with van der Waals surface area (Å²) < 4.78 is 16.2. The van der Waals surface area contributed by atoms with E-state index in [-0.39, 0.29) is 6.09 Å². The lowest BCUT2D eigenvalue weighted by Crippen LogP contribution is -2.49. The first kappa shape index (κ1) is 18.9. The van der Waals surface area contributed by atoms with Crippen LogP contribution in [0.15, 0.2) is 59.1 Å². The second-order valence-corrected chi connectivity index (χ2v) is 6.66. The lowest BCUT2D eigenvalue weighted by atomic mass is 10.2. The molecule has 0 radical (unpaired) electrons. The predicted molar refractivity (Wildman–Crippen MR) is 106 cm³/mol. The van der Waals surface area contributed by atoms with Crippen LogP contribution in [0.25, 0.3) is 11.4 Å². The summed E-state index contributed by atoms with van der Waals surface area (Å²) in [6, 6.07) is 16.6. The molecule has 0 spiro atoms. The van der Waals surface area contributed by atoms with Gasteiger partial charge >= 0.3 is 6.09 Å². The quantitative estimate of drug-likeness (QED) is 0.658. The molecule has 1 fully saturated rings. The summed E-state index contributed by atoms with van der Waals surface area (Å²) in [5.74, 6) is 2.29. The second kappa shape index (κ2) is 8.74. The molecule has 1 aliphatic rings. The number of nitrogens with zero attached hydrogens (tertiary/aromatic N) is 4. The largest absolute Gasteiger partial charge is 0.496 e. The van der Waals surface area contributed by atoms with Gasteiger partial charge in [-0.15, -0.1) is 0 Å². The number of carbonyl (C=O) groups excluding carboxylic acids is 1. The van der Waals surface area contributed by atoms with Crippen LogP contribution >= 0.6 is 0 Å². The Kier molecular flexibility index (Phi) is 5.71. The Hall–Kier alpha value is -3.39. The maximum Gasteiger partial charge on any atom is 0.415 e. The molecule has 1 aromatic heterocycles. The van der Waals surface area contributed by atoms with Gasteiger partial charge in [0.15, 0.2) is 0 Å². The van der Waals surface area contributed by atoms with E-state index < -0.39 is 0 Å². The minimum absolute atomic E-state index is 0.327. The minimum Gasteiger partial charge on any atom is -0.496 e. The van der Waals surface area contributed by atoms with Gasteiger partial charge in [0, 0.05) is 26.2 Å². The molecule has 0 N–H and O–H groups in total. The van der Waals surface area contributed by atoms with Crippen LogP contribution in [-0.2, 0) is 6.54 Å². The zero-order valence-electron chi connectivity index (χ0n) is 16.2. The fourth-order valence-electron chi connectivity index (χ4n) is 3.19. The van der Waals surface area contributed by atoms with E-state index in [2.05, 4.69) is 15.0 Å². The van der Waals surface area contributed by atoms with Crippen molar-refractivity contribution in [3.8, 4) is 22.9 Å². The van der Waals surface area contributed by atoms with Crippen LogP contribution in [0.4, 0.5) is 4.79 Å². The number of hydrogen-bond acceptors (Lipinski definition) is 7. The minimum atomic E-state index is -0.327. The maximum atomic E-state index is 12.3. The average molecular weight is 394 g/mol. The highest BCUT2D eigenvalue weighted by Gasteiger charge is 2.24. The maximum absolute atomic E-state index is 12.3. The van der Waals surface area contributed by atoms with Gasteiger partial charge in [-0.05, 0) is 24.3 Å². The number of aromatic nitrogens is 2. The number of piperazine rings is 1. The molecule has 1 amide bonds. The van der Waals surface area contributed by atoms with Crippen molar-refractivity contribution in [1.29, 1.82) is 0 Å². The van der Waals surface area contributed by atoms with Gasteiger partial charge in [-0.25, -0.2) is 4.79 Å². The fraction of sp³-hybridized carbons (Fsp3) is 0.286. The number of carbonyl (C=O) groups is 1. The van der Waals surface area contributed by atoms with E-state index in [1.165, 1.54) is 0 Å². The SMILES string of the molecule is COc1ccccc1-c1noc(CN2CCN(C(=O)Oc3ccccc3)CC2)n1. The Morgan fingerprint density at radius 1 is 1.03 bits per heavy atom. The highest BCUT2D eigenvalue weighted by molar-refractivity contribution is 5.70. The molecule has 29 heavy (non-hydrogen) atoms. The number of para-hydroxylation sites is 2. The number of amides is 1. The molecular formula is C21H22N4O4. The van der Waals surface area contributed by atoms with Gasteiger partial charge in [-0.2, -0.15) is 4.98 Å². The molecule has 1 saturated heterocycles. The molecule has 150 valence electrons. The number of hydrogen-bond donors (Lipinski definition) is 0. The monoisotopic (exact) mass is 394 g/mol. The molecule has 0 bridgehead atoms. The first-order chi connectivity index (χ1) is 14.2. The van der Waals surface area contributed by atoms with E-state index in [0.717, 1.165) is 5.56 Å². The van der Waals surface area contributed by atoms with Crippen molar-refractivity contribution in [1.82, 2.24) is 19.9 Å². The third-order valence-corrected chi connectivity index (χ3v) is 4.75. The van der Waals surface area contributed by atoms with E-state index in [9.17, 15) is 4.79 Å². The van der Waals surface area contributed by atoms with E-state index in [4.69, 9.17) is 14.0 Å². The third-order valence-electron chi connectivity index (χ3n) is 4.75. The lowest BCUT2D eigenvalue weighted by molar-refractivity contribution is 0.102. The second-order valence-electron chi connectivity index (χ2n) is 6.66. The summed E-state index contributed by atoms with van der Waals surface area (Å²) in [5.41, 5.74) is 0.790. The Bertz CT molecular complexity index is 952. The van der Waals surface area contributed by atoms with Crippen LogP contribution in [0.1, 0.15) is 5.89 Å². The highest BCUT2D eigenvalue weighted by Crippen LogP contribution is 2.27. The van der Waals surface area contributed by atoms with Gasteiger partial charge in [0.05, 0.1) is 19.2 Å². The van der Waals surface area contributed by atoms with Crippen LogP contribution in [0.3, 0.4) is 0 Å². The summed E-state index contributed by atoms with van der Waals surface area (Å²) in [5, 5.41) is 4.07. The number of benzene rings is 2. The van der Waals surface area contributed by atoms with Crippen molar-refractivity contribution in [3.05, 3.63) is 60.5 Å². The molecule has 4 rings (SSSR count). The normalized spacial score (nSPS) is 14.6. The van der Waals surface area contributed by atoms with E-state index >= 15 is 0 Å². The van der Waals surface area contributed by atoms with Crippen molar-refractivity contribution < 1.29 is 18.8 Å². The smallest absolute Gasteiger partial charge is 0.415 e. The summed E-state index contributed by atoms with van der Waals surface area (Å²) in [4.78, 5) is 20.7. The molecule has 0 aliphatic carbocycles. The summed E-state index contributed by atoms with van der Waals surface area (Å²) in [6.45, 7) is 3.11. The molecule has 8 nitrogen and oxygen atoms in total. The predicted octanol–water partition coefficient (Wildman–Crippen LogP) is 3.06. The zero-order chi connectivity index (χ0) is 20.1. The third kappa shape index (κ3) is 4.55. The lowest BCUT2D eigenvalue weighted by Gasteiger charge is -2.33. The van der Waals surface area contributed by atoms with Crippen molar-refractivity contribution >= 4 is 6.09 Å². The summed E-state index contributed by atoms with van der Waals surface area (Å²) in [7, 11) is 1.61.